The second-order valence-corrected chi connectivity index (χ2v) is 5.08. The number of aryl methyl sites for hydroxylation is 1. The molecule has 0 aliphatic rings. The molecule has 1 heterocycles. The summed E-state index contributed by atoms with van der Waals surface area (Å²) in [5, 5.41) is 1.79. The summed E-state index contributed by atoms with van der Waals surface area (Å²) in [6.45, 7) is 1.97. The highest BCUT2D eigenvalue weighted by molar-refractivity contribution is 6.31. The van der Waals surface area contributed by atoms with Gasteiger partial charge < -0.3 is 10.2 Å². The fourth-order valence-electron chi connectivity index (χ4n) is 2.12. The van der Waals surface area contributed by atoms with E-state index in [0.717, 1.165) is 32.9 Å². The largest absolute Gasteiger partial charge is 0.459 e. The van der Waals surface area contributed by atoms with Crippen LogP contribution in [0.1, 0.15) is 22.9 Å². The quantitative estimate of drug-likeness (QED) is 0.748. The van der Waals surface area contributed by atoms with E-state index in [-0.39, 0.29) is 6.04 Å². The van der Waals surface area contributed by atoms with Crippen molar-refractivity contribution >= 4 is 22.6 Å². The van der Waals surface area contributed by atoms with Crippen molar-refractivity contribution in [2.75, 3.05) is 0 Å². The van der Waals surface area contributed by atoms with Gasteiger partial charge in [0.2, 0.25) is 0 Å². The van der Waals surface area contributed by atoms with Crippen molar-refractivity contribution in [3.8, 4) is 0 Å². The van der Waals surface area contributed by atoms with E-state index in [4.69, 9.17) is 21.8 Å². The van der Waals surface area contributed by atoms with E-state index in [1.165, 1.54) is 0 Å². The van der Waals surface area contributed by atoms with Crippen LogP contribution in [0.4, 0.5) is 0 Å². The Morgan fingerprint density at radius 2 is 1.89 bits per heavy atom. The maximum absolute atomic E-state index is 6.25. The topological polar surface area (TPSA) is 39.2 Å². The van der Waals surface area contributed by atoms with Crippen LogP contribution in [0.2, 0.25) is 5.02 Å². The molecule has 1 unspecified atom stereocenters. The number of furan rings is 1. The van der Waals surface area contributed by atoms with Crippen molar-refractivity contribution in [2.45, 2.75) is 13.0 Å². The van der Waals surface area contributed by atoms with Gasteiger partial charge in [-0.05, 0) is 36.2 Å². The minimum Gasteiger partial charge on any atom is -0.459 e. The molecule has 0 fully saturated rings. The summed E-state index contributed by atoms with van der Waals surface area (Å²) in [6.07, 6.45) is 0. The molecule has 2 N–H and O–H groups in total. The number of rotatable bonds is 2. The fourth-order valence-corrected chi connectivity index (χ4v) is 2.31. The Morgan fingerprint density at radius 3 is 2.63 bits per heavy atom. The number of halogens is 1. The zero-order chi connectivity index (χ0) is 13.4. The molecule has 3 heteroatoms. The lowest BCUT2D eigenvalue weighted by molar-refractivity contribution is 0.525. The molecule has 3 rings (SSSR count). The van der Waals surface area contributed by atoms with Gasteiger partial charge in [-0.25, -0.2) is 0 Å². The normalized spacial score (nSPS) is 12.8. The van der Waals surface area contributed by atoms with E-state index in [2.05, 4.69) is 0 Å². The molecule has 2 nitrogen and oxygen atoms in total. The van der Waals surface area contributed by atoms with E-state index in [1.54, 1.807) is 0 Å². The number of benzene rings is 2. The molecule has 1 aromatic heterocycles. The molecule has 0 radical (unpaired) electrons. The highest BCUT2D eigenvalue weighted by Gasteiger charge is 2.14. The smallest absolute Gasteiger partial charge is 0.134 e. The van der Waals surface area contributed by atoms with Crippen molar-refractivity contribution in [3.63, 3.8) is 0 Å². The molecule has 0 spiro atoms. The van der Waals surface area contributed by atoms with Crippen LogP contribution in [-0.2, 0) is 0 Å². The molecule has 2 aromatic carbocycles. The van der Waals surface area contributed by atoms with Gasteiger partial charge in [0.15, 0.2) is 0 Å². The predicted molar refractivity (Wildman–Crippen MR) is 78.4 cm³/mol. The summed E-state index contributed by atoms with van der Waals surface area (Å²) in [6, 6.07) is 15.4. The highest BCUT2D eigenvalue weighted by Crippen LogP contribution is 2.28. The first-order valence-corrected chi connectivity index (χ1v) is 6.53. The van der Waals surface area contributed by atoms with Crippen LogP contribution >= 0.6 is 11.6 Å². The van der Waals surface area contributed by atoms with Crippen LogP contribution in [0.15, 0.2) is 52.9 Å². The van der Waals surface area contributed by atoms with Crippen LogP contribution in [0.5, 0.6) is 0 Å². The van der Waals surface area contributed by atoms with E-state index >= 15 is 0 Å². The SMILES string of the molecule is Cc1ccc(C(N)c2cc3ccccc3o2)cc1Cl. The predicted octanol–water partition coefficient (Wildman–Crippen LogP) is 4.44. The Balaban J connectivity index is 2.02. The lowest BCUT2D eigenvalue weighted by Gasteiger charge is -2.10. The molecule has 0 amide bonds. The molecular weight excluding hydrogens is 258 g/mol. The molecule has 1 atom stereocenters. The monoisotopic (exact) mass is 271 g/mol. The molecule has 0 saturated heterocycles. The molecule has 96 valence electrons. The molecule has 0 aliphatic carbocycles. The van der Waals surface area contributed by atoms with Crippen LogP contribution in [0.3, 0.4) is 0 Å². The van der Waals surface area contributed by atoms with Gasteiger partial charge in [-0.15, -0.1) is 0 Å². The van der Waals surface area contributed by atoms with Crippen molar-refractivity contribution in [1.29, 1.82) is 0 Å². The highest BCUT2D eigenvalue weighted by atomic mass is 35.5. The van der Waals surface area contributed by atoms with Gasteiger partial charge in [0, 0.05) is 10.4 Å². The van der Waals surface area contributed by atoms with E-state index in [0.29, 0.717) is 0 Å². The Bertz CT molecular complexity index is 699. The van der Waals surface area contributed by atoms with Crippen LogP contribution < -0.4 is 5.73 Å². The number of para-hydroxylation sites is 1. The average Bonchev–Trinajstić information content (AvgIpc) is 2.85. The van der Waals surface area contributed by atoms with Crippen molar-refractivity contribution < 1.29 is 4.42 Å². The van der Waals surface area contributed by atoms with Gasteiger partial charge >= 0.3 is 0 Å². The molecule has 3 aromatic rings. The Hall–Kier alpha value is -1.77. The second kappa shape index (κ2) is 4.72. The van der Waals surface area contributed by atoms with Crippen LogP contribution in [0.25, 0.3) is 11.0 Å². The summed E-state index contributed by atoms with van der Waals surface area (Å²) in [7, 11) is 0. The summed E-state index contributed by atoms with van der Waals surface area (Å²) in [4.78, 5) is 0. The van der Waals surface area contributed by atoms with Gasteiger partial charge in [-0.3, -0.25) is 0 Å². The van der Waals surface area contributed by atoms with Gasteiger partial charge in [0.1, 0.15) is 11.3 Å². The summed E-state index contributed by atoms with van der Waals surface area (Å²) < 4.78 is 5.79. The number of nitrogens with two attached hydrogens (primary N) is 1. The van der Waals surface area contributed by atoms with Crippen molar-refractivity contribution in [1.82, 2.24) is 0 Å². The molecule has 0 aliphatic heterocycles. The molecule has 0 bridgehead atoms. The Kier molecular flexibility index (Phi) is 3.05. The summed E-state index contributed by atoms with van der Waals surface area (Å²) in [5.41, 5.74) is 9.10. The Labute approximate surface area is 116 Å². The first kappa shape index (κ1) is 12.3. The standard InChI is InChI=1S/C16H14ClNO/c1-10-6-7-12(8-13(10)17)16(18)15-9-11-4-2-3-5-14(11)19-15/h2-9,16H,18H2,1H3. The fraction of sp³-hybridized carbons (Fsp3) is 0.125. The Morgan fingerprint density at radius 1 is 1.11 bits per heavy atom. The van der Waals surface area contributed by atoms with E-state index < -0.39 is 0 Å². The summed E-state index contributed by atoms with van der Waals surface area (Å²) >= 11 is 6.14. The lowest BCUT2D eigenvalue weighted by atomic mass is 10.0. The zero-order valence-electron chi connectivity index (χ0n) is 10.6. The third kappa shape index (κ3) is 2.25. The van der Waals surface area contributed by atoms with Crippen LogP contribution in [0, 0.1) is 6.92 Å². The third-order valence-corrected chi connectivity index (χ3v) is 3.71. The minimum absolute atomic E-state index is 0.300. The number of fused-ring (bicyclic) bond motifs is 1. The van der Waals surface area contributed by atoms with Crippen molar-refractivity contribution in [2.24, 2.45) is 5.73 Å². The maximum Gasteiger partial charge on any atom is 0.134 e. The van der Waals surface area contributed by atoms with E-state index in [1.807, 2.05) is 55.5 Å². The lowest BCUT2D eigenvalue weighted by Crippen LogP contribution is -2.10. The first-order valence-electron chi connectivity index (χ1n) is 6.15. The molecular formula is C16H14ClNO. The van der Waals surface area contributed by atoms with Gasteiger partial charge in [0.25, 0.3) is 0 Å². The summed E-state index contributed by atoms with van der Waals surface area (Å²) in [5.74, 6) is 0.751. The third-order valence-electron chi connectivity index (χ3n) is 3.31. The first-order chi connectivity index (χ1) is 9.15. The van der Waals surface area contributed by atoms with Gasteiger partial charge in [-0.2, -0.15) is 0 Å². The number of hydrogen-bond donors (Lipinski definition) is 1. The van der Waals surface area contributed by atoms with Crippen LogP contribution in [-0.4, -0.2) is 0 Å². The minimum atomic E-state index is -0.300. The second-order valence-electron chi connectivity index (χ2n) is 4.67. The molecule has 19 heavy (non-hydrogen) atoms. The van der Waals surface area contributed by atoms with Gasteiger partial charge in [0.05, 0.1) is 6.04 Å². The molecule has 0 saturated carbocycles. The van der Waals surface area contributed by atoms with E-state index in [9.17, 15) is 0 Å². The zero-order valence-corrected chi connectivity index (χ0v) is 11.3. The number of hydrogen-bond acceptors (Lipinski definition) is 2. The van der Waals surface area contributed by atoms with Gasteiger partial charge in [-0.1, -0.05) is 41.9 Å². The maximum atomic E-state index is 6.25. The van der Waals surface area contributed by atoms with Crippen molar-refractivity contribution in [3.05, 3.63) is 70.4 Å². The average molecular weight is 272 g/mol.